The number of carbonyl (C=O) groups is 1. The molecular formula is C17H17Cl3N2O. The molecule has 2 rings (SSSR count). The zero-order chi connectivity index (χ0) is 16.7. The van der Waals surface area contributed by atoms with E-state index in [2.05, 4.69) is 10.6 Å². The van der Waals surface area contributed by atoms with Gasteiger partial charge >= 0.3 is 0 Å². The summed E-state index contributed by atoms with van der Waals surface area (Å²) in [6.07, 6.45) is 0.730. The SMILES string of the molecule is O=C(CNCCc1ccc(Cl)cc1Cl)NCc1ccccc1Cl. The van der Waals surface area contributed by atoms with E-state index in [1.807, 2.05) is 24.3 Å². The third-order valence-electron chi connectivity index (χ3n) is 3.31. The Balaban J connectivity index is 1.68. The molecule has 0 aliphatic carbocycles. The molecule has 0 heterocycles. The van der Waals surface area contributed by atoms with Crippen molar-refractivity contribution in [1.82, 2.24) is 10.6 Å². The maximum Gasteiger partial charge on any atom is 0.234 e. The van der Waals surface area contributed by atoms with Crippen molar-refractivity contribution in [2.24, 2.45) is 0 Å². The van der Waals surface area contributed by atoms with E-state index in [0.29, 0.717) is 28.2 Å². The highest BCUT2D eigenvalue weighted by Gasteiger charge is 2.04. The summed E-state index contributed by atoms with van der Waals surface area (Å²) in [6.45, 7) is 1.32. The lowest BCUT2D eigenvalue weighted by atomic mass is 10.1. The highest BCUT2D eigenvalue weighted by atomic mass is 35.5. The maximum absolute atomic E-state index is 11.8. The first-order chi connectivity index (χ1) is 11.1. The van der Waals surface area contributed by atoms with E-state index in [1.165, 1.54) is 0 Å². The minimum Gasteiger partial charge on any atom is -0.351 e. The number of amides is 1. The average Bonchev–Trinajstić information content (AvgIpc) is 2.52. The van der Waals surface area contributed by atoms with Crippen molar-refractivity contribution in [3.8, 4) is 0 Å². The fourth-order valence-electron chi connectivity index (χ4n) is 2.05. The predicted octanol–water partition coefficient (Wildman–Crippen LogP) is 4.10. The van der Waals surface area contributed by atoms with Crippen LogP contribution in [0.5, 0.6) is 0 Å². The third-order valence-corrected chi connectivity index (χ3v) is 4.26. The molecule has 0 aromatic heterocycles. The van der Waals surface area contributed by atoms with Crippen LogP contribution in [-0.2, 0) is 17.8 Å². The van der Waals surface area contributed by atoms with Crippen LogP contribution in [0.2, 0.25) is 15.1 Å². The van der Waals surface area contributed by atoms with Gasteiger partial charge in [0, 0.05) is 21.6 Å². The van der Waals surface area contributed by atoms with Crippen LogP contribution in [0.1, 0.15) is 11.1 Å². The Morgan fingerprint density at radius 3 is 2.48 bits per heavy atom. The molecule has 0 aliphatic heterocycles. The standard InChI is InChI=1S/C17H17Cl3N2O/c18-14-6-5-12(16(20)9-14)7-8-21-11-17(23)22-10-13-3-1-2-4-15(13)19/h1-6,9,21H,7-8,10-11H2,(H,22,23). The summed E-state index contributed by atoms with van der Waals surface area (Å²) in [7, 11) is 0. The summed E-state index contributed by atoms with van der Waals surface area (Å²) in [5.74, 6) is -0.0767. The molecule has 0 radical (unpaired) electrons. The monoisotopic (exact) mass is 370 g/mol. The average molecular weight is 372 g/mol. The van der Waals surface area contributed by atoms with Crippen LogP contribution in [0.4, 0.5) is 0 Å². The predicted molar refractivity (Wildman–Crippen MR) is 96.3 cm³/mol. The van der Waals surface area contributed by atoms with E-state index in [0.717, 1.165) is 17.5 Å². The number of hydrogen-bond acceptors (Lipinski definition) is 2. The number of carbonyl (C=O) groups excluding carboxylic acids is 1. The number of halogens is 3. The van der Waals surface area contributed by atoms with Crippen molar-refractivity contribution in [3.63, 3.8) is 0 Å². The van der Waals surface area contributed by atoms with Gasteiger partial charge in [0.1, 0.15) is 0 Å². The number of hydrogen-bond donors (Lipinski definition) is 2. The van der Waals surface area contributed by atoms with Gasteiger partial charge in [-0.3, -0.25) is 4.79 Å². The molecule has 3 nitrogen and oxygen atoms in total. The Morgan fingerprint density at radius 2 is 1.74 bits per heavy atom. The molecule has 2 N–H and O–H groups in total. The minimum atomic E-state index is -0.0767. The Bertz CT molecular complexity index is 677. The number of rotatable bonds is 7. The first kappa shape index (κ1) is 18.1. The second-order valence-electron chi connectivity index (χ2n) is 5.03. The normalized spacial score (nSPS) is 10.6. The lowest BCUT2D eigenvalue weighted by Crippen LogP contribution is -2.34. The van der Waals surface area contributed by atoms with Gasteiger partial charge in [0.05, 0.1) is 6.54 Å². The van der Waals surface area contributed by atoms with E-state index < -0.39 is 0 Å². The van der Waals surface area contributed by atoms with E-state index >= 15 is 0 Å². The van der Waals surface area contributed by atoms with Gasteiger partial charge < -0.3 is 10.6 Å². The Kier molecular flexibility index (Phi) is 7.18. The Morgan fingerprint density at radius 1 is 0.957 bits per heavy atom. The van der Waals surface area contributed by atoms with Gasteiger partial charge in [-0.15, -0.1) is 0 Å². The van der Waals surface area contributed by atoms with Crippen molar-refractivity contribution in [3.05, 3.63) is 68.7 Å². The van der Waals surface area contributed by atoms with Gasteiger partial charge in [0.15, 0.2) is 0 Å². The molecule has 0 bridgehead atoms. The van der Waals surface area contributed by atoms with Gasteiger partial charge in [-0.25, -0.2) is 0 Å². The van der Waals surface area contributed by atoms with Crippen LogP contribution in [0.25, 0.3) is 0 Å². The van der Waals surface area contributed by atoms with Crippen LogP contribution >= 0.6 is 34.8 Å². The van der Waals surface area contributed by atoms with Gasteiger partial charge in [0.25, 0.3) is 0 Å². The summed E-state index contributed by atoms with van der Waals surface area (Å²) in [5.41, 5.74) is 1.90. The molecule has 1 amide bonds. The van der Waals surface area contributed by atoms with Crippen LogP contribution < -0.4 is 10.6 Å². The van der Waals surface area contributed by atoms with Crippen molar-refractivity contribution in [1.29, 1.82) is 0 Å². The lowest BCUT2D eigenvalue weighted by molar-refractivity contribution is -0.120. The molecule has 6 heteroatoms. The smallest absolute Gasteiger partial charge is 0.234 e. The molecule has 0 spiro atoms. The minimum absolute atomic E-state index is 0.0767. The molecule has 0 saturated heterocycles. The Hall–Kier alpha value is -1.26. The van der Waals surface area contributed by atoms with Crippen LogP contribution in [-0.4, -0.2) is 19.0 Å². The molecule has 23 heavy (non-hydrogen) atoms. The number of benzene rings is 2. The topological polar surface area (TPSA) is 41.1 Å². The zero-order valence-electron chi connectivity index (χ0n) is 12.4. The molecule has 0 saturated carbocycles. The summed E-state index contributed by atoms with van der Waals surface area (Å²) >= 11 is 18.0. The molecule has 2 aromatic rings. The summed E-state index contributed by atoms with van der Waals surface area (Å²) in [6, 6.07) is 12.9. The third kappa shape index (κ3) is 6.04. The van der Waals surface area contributed by atoms with Gasteiger partial charge in [-0.1, -0.05) is 59.1 Å². The lowest BCUT2D eigenvalue weighted by Gasteiger charge is -2.09. The van der Waals surface area contributed by atoms with Crippen LogP contribution in [0.15, 0.2) is 42.5 Å². The van der Waals surface area contributed by atoms with Crippen LogP contribution in [0.3, 0.4) is 0 Å². The largest absolute Gasteiger partial charge is 0.351 e. The highest BCUT2D eigenvalue weighted by molar-refractivity contribution is 6.35. The fourth-order valence-corrected chi connectivity index (χ4v) is 2.75. The summed E-state index contributed by atoms with van der Waals surface area (Å²) < 4.78 is 0. The van der Waals surface area contributed by atoms with Gasteiger partial charge in [0.2, 0.25) is 5.91 Å². The molecule has 2 aromatic carbocycles. The van der Waals surface area contributed by atoms with Crippen molar-refractivity contribution in [2.75, 3.05) is 13.1 Å². The summed E-state index contributed by atoms with van der Waals surface area (Å²) in [5, 5.41) is 7.83. The molecule has 0 aliphatic rings. The fraction of sp³-hybridized carbons (Fsp3) is 0.235. The van der Waals surface area contributed by atoms with Crippen LogP contribution in [0, 0.1) is 0 Å². The van der Waals surface area contributed by atoms with Gasteiger partial charge in [-0.2, -0.15) is 0 Å². The molecule has 0 fully saturated rings. The molecular weight excluding hydrogens is 355 g/mol. The van der Waals surface area contributed by atoms with Crippen molar-refractivity contribution in [2.45, 2.75) is 13.0 Å². The maximum atomic E-state index is 11.8. The van der Waals surface area contributed by atoms with Crippen molar-refractivity contribution >= 4 is 40.7 Å². The second-order valence-corrected chi connectivity index (χ2v) is 6.28. The first-order valence-corrected chi connectivity index (χ1v) is 8.34. The van der Waals surface area contributed by atoms with Gasteiger partial charge in [-0.05, 0) is 42.3 Å². The van der Waals surface area contributed by atoms with E-state index in [1.54, 1.807) is 18.2 Å². The Labute approximate surface area is 150 Å². The van der Waals surface area contributed by atoms with Crippen molar-refractivity contribution < 1.29 is 4.79 Å². The zero-order valence-corrected chi connectivity index (χ0v) is 14.7. The van der Waals surface area contributed by atoms with E-state index in [-0.39, 0.29) is 12.5 Å². The first-order valence-electron chi connectivity index (χ1n) is 7.21. The molecule has 0 unspecified atom stereocenters. The molecule has 0 atom stereocenters. The highest BCUT2D eigenvalue weighted by Crippen LogP contribution is 2.21. The molecule has 122 valence electrons. The van der Waals surface area contributed by atoms with E-state index in [9.17, 15) is 4.79 Å². The quantitative estimate of drug-likeness (QED) is 0.720. The summed E-state index contributed by atoms with van der Waals surface area (Å²) in [4.78, 5) is 11.8. The number of nitrogens with one attached hydrogen (secondary N) is 2. The van der Waals surface area contributed by atoms with E-state index in [4.69, 9.17) is 34.8 Å². The second kappa shape index (κ2) is 9.14.